The largest absolute Gasteiger partial charge is 0.461 e. The Labute approximate surface area is 160 Å². The molecule has 0 radical (unpaired) electrons. The first-order chi connectivity index (χ1) is 12.8. The van der Waals surface area contributed by atoms with Crippen molar-refractivity contribution < 1.29 is 14.3 Å². The molecule has 2 rings (SSSR count). The minimum atomic E-state index is -0.436. The molecule has 1 amide bonds. The molecule has 0 unspecified atom stereocenters. The van der Waals surface area contributed by atoms with Gasteiger partial charge < -0.3 is 19.5 Å². The summed E-state index contributed by atoms with van der Waals surface area (Å²) in [6.45, 7) is 9.78. The van der Waals surface area contributed by atoms with Gasteiger partial charge in [0.15, 0.2) is 0 Å². The van der Waals surface area contributed by atoms with Gasteiger partial charge in [-0.2, -0.15) is 0 Å². The summed E-state index contributed by atoms with van der Waals surface area (Å²) >= 11 is 0. The summed E-state index contributed by atoms with van der Waals surface area (Å²) in [5, 5.41) is 2.91. The number of hydrogen-bond acceptors (Lipinski definition) is 4. The van der Waals surface area contributed by atoms with Crippen LogP contribution in [0.2, 0.25) is 0 Å². The molecule has 0 saturated carbocycles. The van der Waals surface area contributed by atoms with Crippen molar-refractivity contribution in [2.45, 2.75) is 27.3 Å². The van der Waals surface area contributed by atoms with Gasteiger partial charge in [0.1, 0.15) is 5.69 Å². The summed E-state index contributed by atoms with van der Waals surface area (Å²) in [5.41, 5.74) is 3.92. The van der Waals surface area contributed by atoms with Crippen molar-refractivity contribution in [1.29, 1.82) is 0 Å². The molecule has 0 saturated heterocycles. The second-order valence-corrected chi connectivity index (χ2v) is 6.45. The van der Waals surface area contributed by atoms with Crippen molar-refractivity contribution in [2.24, 2.45) is 0 Å². The smallest absolute Gasteiger partial charge is 0.355 e. The summed E-state index contributed by atoms with van der Waals surface area (Å²) in [4.78, 5) is 27.3. The molecule has 1 N–H and O–H groups in total. The monoisotopic (exact) mass is 369 g/mol. The normalized spacial score (nSPS) is 10.4. The van der Waals surface area contributed by atoms with E-state index >= 15 is 0 Å². The fourth-order valence-corrected chi connectivity index (χ4v) is 3.09. The molecule has 0 aliphatic carbocycles. The number of nitrogens with one attached hydrogen (secondary N) is 1. The number of aromatic nitrogens is 1. The van der Waals surface area contributed by atoms with Crippen LogP contribution >= 0.6 is 0 Å². The summed E-state index contributed by atoms with van der Waals surface area (Å²) in [6.07, 6.45) is 1.69. The molecule has 2 aromatic rings. The van der Waals surface area contributed by atoms with Crippen LogP contribution in [0, 0.1) is 13.8 Å². The number of carbonyl (C=O) groups excluding carboxylic acids is 2. The molecular weight excluding hydrogens is 342 g/mol. The van der Waals surface area contributed by atoms with E-state index in [9.17, 15) is 9.59 Å². The molecule has 1 aromatic carbocycles. The van der Waals surface area contributed by atoms with E-state index in [0.717, 1.165) is 5.69 Å². The highest BCUT2D eigenvalue weighted by Crippen LogP contribution is 2.25. The second kappa shape index (κ2) is 8.58. The minimum Gasteiger partial charge on any atom is -0.461 e. The fraction of sp³-hybridized carbons (Fsp3) is 0.333. The van der Waals surface area contributed by atoms with Crippen LogP contribution in [0.15, 0.2) is 36.9 Å². The number of amides is 1. The van der Waals surface area contributed by atoms with Crippen LogP contribution in [0.1, 0.15) is 39.0 Å². The van der Waals surface area contributed by atoms with Crippen LogP contribution in [0.4, 0.5) is 11.4 Å². The molecule has 0 aliphatic heterocycles. The number of ether oxygens (including phenoxy) is 1. The Balaban J connectivity index is 2.39. The van der Waals surface area contributed by atoms with Crippen LogP contribution in [-0.2, 0) is 11.3 Å². The SMILES string of the molecule is C=CCn1c(C)c(C(=O)Nc2ccc(N(C)C)cc2)c(C)c1C(=O)OCC. The van der Waals surface area contributed by atoms with Crippen LogP contribution < -0.4 is 10.2 Å². The van der Waals surface area contributed by atoms with Gasteiger partial charge in [-0.25, -0.2) is 4.79 Å². The quantitative estimate of drug-likeness (QED) is 0.596. The summed E-state index contributed by atoms with van der Waals surface area (Å²) in [7, 11) is 3.92. The molecule has 27 heavy (non-hydrogen) atoms. The highest BCUT2D eigenvalue weighted by Gasteiger charge is 2.26. The Hall–Kier alpha value is -3.02. The Morgan fingerprint density at radius 2 is 1.85 bits per heavy atom. The zero-order valence-corrected chi connectivity index (χ0v) is 16.6. The van der Waals surface area contributed by atoms with Crippen molar-refractivity contribution in [3.8, 4) is 0 Å². The van der Waals surface area contributed by atoms with E-state index in [2.05, 4.69) is 11.9 Å². The number of benzene rings is 1. The summed E-state index contributed by atoms with van der Waals surface area (Å²) < 4.78 is 6.94. The molecule has 1 aromatic heterocycles. The maximum Gasteiger partial charge on any atom is 0.355 e. The van der Waals surface area contributed by atoms with Crippen molar-refractivity contribution in [3.63, 3.8) is 0 Å². The van der Waals surface area contributed by atoms with Gasteiger partial charge in [-0.15, -0.1) is 6.58 Å². The Morgan fingerprint density at radius 1 is 1.22 bits per heavy atom. The highest BCUT2D eigenvalue weighted by atomic mass is 16.5. The van der Waals surface area contributed by atoms with E-state index in [1.54, 1.807) is 24.5 Å². The third-order valence-electron chi connectivity index (χ3n) is 4.42. The maximum atomic E-state index is 12.9. The molecule has 6 heteroatoms. The zero-order valence-electron chi connectivity index (χ0n) is 16.6. The molecule has 0 spiro atoms. The van der Waals surface area contributed by atoms with Crippen LogP contribution in [0.3, 0.4) is 0 Å². The standard InChI is InChI=1S/C21H27N3O3/c1-7-13-24-15(4)18(14(3)19(24)21(26)27-8-2)20(25)22-16-9-11-17(12-10-16)23(5)6/h7,9-12H,1,8,13H2,2-6H3,(H,22,25). The van der Waals surface area contributed by atoms with E-state index in [-0.39, 0.29) is 12.5 Å². The number of carbonyl (C=O) groups is 2. The van der Waals surface area contributed by atoms with Crippen LogP contribution in [0.25, 0.3) is 0 Å². The van der Waals surface area contributed by atoms with Gasteiger partial charge >= 0.3 is 5.97 Å². The first-order valence-electron chi connectivity index (χ1n) is 8.88. The van der Waals surface area contributed by atoms with E-state index < -0.39 is 5.97 Å². The van der Waals surface area contributed by atoms with Gasteiger partial charge in [0.05, 0.1) is 12.2 Å². The topological polar surface area (TPSA) is 63.6 Å². The van der Waals surface area contributed by atoms with Crippen molar-refractivity contribution in [1.82, 2.24) is 4.57 Å². The predicted molar refractivity (Wildman–Crippen MR) is 109 cm³/mol. The number of esters is 1. The lowest BCUT2D eigenvalue weighted by molar-refractivity contribution is 0.0513. The van der Waals surface area contributed by atoms with Crippen LogP contribution in [0.5, 0.6) is 0 Å². The van der Waals surface area contributed by atoms with Crippen molar-refractivity contribution in [3.05, 3.63) is 59.4 Å². The lowest BCUT2D eigenvalue weighted by Gasteiger charge is -2.13. The van der Waals surface area contributed by atoms with E-state index in [0.29, 0.717) is 34.7 Å². The molecule has 0 atom stereocenters. The molecule has 1 heterocycles. The van der Waals surface area contributed by atoms with Crippen LogP contribution in [-0.4, -0.2) is 37.1 Å². The lowest BCUT2D eigenvalue weighted by atomic mass is 10.1. The van der Waals surface area contributed by atoms with Gasteiger partial charge in [-0.05, 0) is 50.6 Å². The maximum absolute atomic E-state index is 12.9. The average molecular weight is 369 g/mol. The molecule has 6 nitrogen and oxygen atoms in total. The van der Waals surface area contributed by atoms with Gasteiger partial charge in [0, 0.05) is 37.7 Å². The first kappa shape index (κ1) is 20.3. The number of hydrogen-bond donors (Lipinski definition) is 1. The molecular formula is C21H27N3O3. The number of rotatable bonds is 7. The molecule has 0 fully saturated rings. The Kier molecular flexibility index (Phi) is 6.45. The Bertz CT molecular complexity index is 849. The van der Waals surface area contributed by atoms with E-state index in [4.69, 9.17) is 4.74 Å². The van der Waals surface area contributed by atoms with Gasteiger partial charge in [-0.1, -0.05) is 6.08 Å². The van der Waals surface area contributed by atoms with E-state index in [1.807, 2.05) is 50.2 Å². The van der Waals surface area contributed by atoms with Gasteiger partial charge in [0.2, 0.25) is 0 Å². The van der Waals surface area contributed by atoms with E-state index in [1.165, 1.54) is 0 Å². The third-order valence-corrected chi connectivity index (χ3v) is 4.42. The summed E-state index contributed by atoms with van der Waals surface area (Å²) in [5.74, 6) is -0.690. The lowest BCUT2D eigenvalue weighted by Crippen LogP contribution is -2.14. The predicted octanol–water partition coefficient (Wildman–Crippen LogP) is 3.79. The molecule has 0 bridgehead atoms. The molecule has 0 aliphatic rings. The molecule has 144 valence electrons. The van der Waals surface area contributed by atoms with Crippen molar-refractivity contribution in [2.75, 3.05) is 30.9 Å². The highest BCUT2D eigenvalue weighted by molar-refractivity contribution is 6.08. The average Bonchev–Trinajstić information content (AvgIpc) is 2.86. The zero-order chi connectivity index (χ0) is 20.1. The van der Waals surface area contributed by atoms with Crippen molar-refractivity contribution >= 4 is 23.3 Å². The minimum absolute atomic E-state index is 0.254. The number of allylic oxidation sites excluding steroid dienone is 1. The summed E-state index contributed by atoms with van der Waals surface area (Å²) in [6, 6.07) is 7.57. The number of nitrogens with zero attached hydrogens (tertiary/aromatic N) is 2. The third kappa shape index (κ3) is 4.22. The fourth-order valence-electron chi connectivity index (χ4n) is 3.09. The first-order valence-corrected chi connectivity index (χ1v) is 8.88. The van der Waals surface area contributed by atoms with Gasteiger partial charge in [0.25, 0.3) is 5.91 Å². The number of anilines is 2. The van der Waals surface area contributed by atoms with Gasteiger partial charge in [-0.3, -0.25) is 4.79 Å². The second-order valence-electron chi connectivity index (χ2n) is 6.45. The Morgan fingerprint density at radius 3 is 2.37 bits per heavy atom.